The number of halogens is 1. The van der Waals surface area contributed by atoms with E-state index in [4.69, 9.17) is 21.1 Å². The highest BCUT2D eigenvalue weighted by atomic mass is 35.5. The Hall–Kier alpha value is -1.94. The standard InChI is InChI=1S/C16H19ClN2O2/c1-10-7-14(20-3)15(21-4)9-13(10)11(2)19-12-5-6-18-16(17)8-12/h5-9,11H,1-4H3,(H,18,19). The molecule has 5 heteroatoms. The highest BCUT2D eigenvalue weighted by Gasteiger charge is 2.14. The van der Waals surface area contributed by atoms with Crippen LogP contribution in [0.3, 0.4) is 0 Å². The molecular formula is C16H19ClN2O2. The first kappa shape index (κ1) is 15.4. The molecule has 0 aliphatic carbocycles. The molecule has 1 heterocycles. The zero-order valence-electron chi connectivity index (χ0n) is 12.6. The second kappa shape index (κ2) is 6.68. The van der Waals surface area contributed by atoms with Gasteiger partial charge in [0, 0.05) is 17.9 Å². The maximum absolute atomic E-state index is 5.91. The second-order valence-electron chi connectivity index (χ2n) is 4.80. The van der Waals surface area contributed by atoms with Crippen LogP contribution in [0.4, 0.5) is 5.69 Å². The monoisotopic (exact) mass is 306 g/mol. The molecule has 0 aliphatic heterocycles. The molecule has 0 radical (unpaired) electrons. The van der Waals surface area contributed by atoms with Crippen molar-refractivity contribution in [3.05, 3.63) is 46.7 Å². The molecule has 2 rings (SSSR count). The molecule has 2 aromatic rings. The number of hydrogen-bond donors (Lipinski definition) is 1. The molecule has 0 amide bonds. The summed E-state index contributed by atoms with van der Waals surface area (Å²) in [6.07, 6.45) is 1.68. The van der Waals surface area contributed by atoms with Crippen LogP contribution in [0.1, 0.15) is 24.1 Å². The average Bonchev–Trinajstić information content (AvgIpc) is 2.46. The molecule has 0 fully saturated rings. The highest BCUT2D eigenvalue weighted by molar-refractivity contribution is 6.29. The van der Waals surface area contributed by atoms with Crippen LogP contribution in [0.2, 0.25) is 5.15 Å². The number of anilines is 1. The van der Waals surface area contributed by atoms with E-state index in [9.17, 15) is 0 Å². The molecule has 1 aromatic heterocycles. The summed E-state index contributed by atoms with van der Waals surface area (Å²) in [6, 6.07) is 7.76. The van der Waals surface area contributed by atoms with Gasteiger partial charge in [0.25, 0.3) is 0 Å². The molecule has 0 spiro atoms. The smallest absolute Gasteiger partial charge is 0.161 e. The summed E-state index contributed by atoms with van der Waals surface area (Å²) < 4.78 is 10.7. The third-order valence-electron chi connectivity index (χ3n) is 3.35. The van der Waals surface area contributed by atoms with Crippen molar-refractivity contribution in [1.29, 1.82) is 0 Å². The molecule has 0 bridgehead atoms. The molecule has 1 N–H and O–H groups in total. The van der Waals surface area contributed by atoms with Crippen molar-refractivity contribution < 1.29 is 9.47 Å². The van der Waals surface area contributed by atoms with Gasteiger partial charge in [-0.2, -0.15) is 0 Å². The molecule has 112 valence electrons. The predicted molar refractivity (Wildman–Crippen MR) is 85.6 cm³/mol. The number of methoxy groups -OCH3 is 2. The molecule has 4 nitrogen and oxygen atoms in total. The lowest BCUT2D eigenvalue weighted by Crippen LogP contribution is -2.09. The minimum absolute atomic E-state index is 0.100. The van der Waals surface area contributed by atoms with Crippen LogP contribution in [-0.2, 0) is 0 Å². The lowest BCUT2D eigenvalue weighted by molar-refractivity contribution is 0.354. The van der Waals surface area contributed by atoms with Crippen molar-refractivity contribution >= 4 is 17.3 Å². The van der Waals surface area contributed by atoms with Gasteiger partial charge in [-0.05, 0) is 49.2 Å². The first-order chi connectivity index (χ1) is 10.0. The molecule has 0 saturated carbocycles. The minimum atomic E-state index is 0.100. The normalized spacial score (nSPS) is 11.9. The molecule has 0 saturated heterocycles. The van der Waals surface area contributed by atoms with Crippen LogP contribution in [0.25, 0.3) is 0 Å². The van der Waals surface area contributed by atoms with Crippen molar-refractivity contribution in [3.8, 4) is 11.5 Å². The quantitative estimate of drug-likeness (QED) is 0.839. The zero-order chi connectivity index (χ0) is 15.4. The summed E-state index contributed by atoms with van der Waals surface area (Å²) in [6.45, 7) is 4.14. The fraction of sp³-hybridized carbons (Fsp3) is 0.312. The fourth-order valence-electron chi connectivity index (χ4n) is 2.28. The van der Waals surface area contributed by atoms with Gasteiger partial charge < -0.3 is 14.8 Å². The summed E-state index contributed by atoms with van der Waals surface area (Å²) in [5.74, 6) is 1.46. The SMILES string of the molecule is COc1cc(C)c(C(C)Nc2ccnc(Cl)c2)cc1OC. The maximum atomic E-state index is 5.91. The van der Waals surface area contributed by atoms with E-state index >= 15 is 0 Å². The first-order valence-corrected chi connectivity index (χ1v) is 7.03. The van der Waals surface area contributed by atoms with Gasteiger partial charge in [-0.1, -0.05) is 11.6 Å². The number of rotatable bonds is 5. The van der Waals surface area contributed by atoms with Crippen LogP contribution < -0.4 is 14.8 Å². The van der Waals surface area contributed by atoms with Crippen molar-refractivity contribution in [2.75, 3.05) is 19.5 Å². The number of hydrogen-bond acceptors (Lipinski definition) is 4. The largest absolute Gasteiger partial charge is 0.493 e. The number of nitrogens with zero attached hydrogens (tertiary/aromatic N) is 1. The van der Waals surface area contributed by atoms with Crippen molar-refractivity contribution in [1.82, 2.24) is 4.98 Å². The summed E-state index contributed by atoms with van der Waals surface area (Å²) in [5.41, 5.74) is 3.20. The minimum Gasteiger partial charge on any atom is -0.493 e. The third kappa shape index (κ3) is 3.58. The maximum Gasteiger partial charge on any atom is 0.161 e. The Bertz CT molecular complexity index is 632. The van der Waals surface area contributed by atoms with Gasteiger partial charge >= 0.3 is 0 Å². The van der Waals surface area contributed by atoms with E-state index in [1.54, 1.807) is 26.5 Å². The van der Waals surface area contributed by atoms with Crippen LogP contribution in [0.5, 0.6) is 11.5 Å². The van der Waals surface area contributed by atoms with Gasteiger partial charge in [-0.3, -0.25) is 0 Å². The Kier molecular flexibility index (Phi) is 4.91. The van der Waals surface area contributed by atoms with E-state index in [-0.39, 0.29) is 6.04 Å². The molecule has 1 aromatic carbocycles. The number of ether oxygens (including phenoxy) is 2. The van der Waals surface area contributed by atoms with Gasteiger partial charge in [0.05, 0.1) is 14.2 Å². The van der Waals surface area contributed by atoms with Crippen LogP contribution >= 0.6 is 11.6 Å². The Morgan fingerprint density at radius 3 is 2.43 bits per heavy atom. The fourth-order valence-corrected chi connectivity index (χ4v) is 2.46. The third-order valence-corrected chi connectivity index (χ3v) is 3.56. The molecule has 1 atom stereocenters. The summed E-state index contributed by atoms with van der Waals surface area (Å²) >= 11 is 5.91. The lowest BCUT2D eigenvalue weighted by atomic mass is 10.0. The summed E-state index contributed by atoms with van der Waals surface area (Å²) in [7, 11) is 3.27. The Morgan fingerprint density at radius 2 is 1.81 bits per heavy atom. The number of nitrogens with one attached hydrogen (secondary N) is 1. The van der Waals surface area contributed by atoms with E-state index in [0.717, 1.165) is 28.3 Å². The van der Waals surface area contributed by atoms with E-state index in [1.807, 2.05) is 18.2 Å². The van der Waals surface area contributed by atoms with Gasteiger partial charge in [0.2, 0.25) is 0 Å². The van der Waals surface area contributed by atoms with E-state index in [2.05, 4.69) is 24.1 Å². The van der Waals surface area contributed by atoms with E-state index < -0.39 is 0 Å². The Morgan fingerprint density at radius 1 is 1.14 bits per heavy atom. The van der Waals surface area contributed by atoms with E-state index in [1.165, 1.54) is 0 Å². The Labute approximate surface area is 130 Å². The molecule has 0 aliphatic rings. The molecule has 1 unspecified atom stereocenters. The first-order valence-electron chi connectivity index (χ1n) is 6.65. The van der Waals surface area contributed by atoms with Crippen molar-refractivity contribution in [3.63, 3.8) is 0 Å². The second-order valence-corrected chi connectivity index (χ2v) is 5.18. The lowest BCUT2D eigenvalue weighted by Gasteiger charge is -2.20. The van der Waals surface area contributed by atoms with Gasteiger partial charge in [-0.15, -0.1) is 0 Å². The van der Waals surface area contributed by atoms with Gasteiger partial charge in [-0.25, -0.2) is 4.98 Å². The zero-order valence-corrected chi connectivity index (χ0v) is 13.4. The number of benzene rings is 1. The Balaban J connectivity index is 2.28. The number of pyridine rings is 1. The predicted octanol–water partition coefficient (Wildman–Crippen LogP) is 4.23. The van der Waals surface area contributed by atoms with Crippen molar-refractivity contribution in [2.24, 2.45) is 0 Å². The summed E-state index contributed by atoms with van der Waals surface area (Å²) in [5, 5.41) is 3.88. The number of aromatic nitrogens is 1. The van der Waals surface area contributed by atoms with Gasteiger partial charge in [0.15, 0.2) is 11.5 Å². The molecular weight excluding hydrogens is 288 g/mol. The van der Waals surface area contributed by atoms with Crippen LogP contribution in [-0.4, -0.2) is 19.2 Å². The summed E-state index contributed by atoms with van der Waals surface area (Å²) in [4.78, 5) is 3.98. The average molecular weight is 307 g/mol. The molecule has 21 heavy (non-hydrogen) atoms. The van der Waals surface area contributed by atoms with Gasteiger partial charge in [0.1, 0.15) is 5.15 Å². The van der Waals surface area contributed by atoms with Crippen LogP contribution in [0.15, 0.2) is 30.5 Å². The van der Waals surface area contributed by atoms with Crippen molar-refractivity contribution in [2.45, 2.75) is 19.9 Å². The number of aryl methyl sites for hydroxylation is 1. The highest BCUT2D eigenvalue weighted by Crippen LogP contribution is 2.34. The topological polar surface area (TPSA) is 43.4 Å². The van der Waals surface area contributed by atoms with E-state index in [0.29, 0.717) is 5.15 Å². The van der Waals surface area contributed by atoms with Crippen LogP contribution in [0, 0.1) is 6.92 Å².